The summed E-state index contributed by atoms with van der Waals surface area (Å²) in [6, 6.07) is 0. The average Bonchev–Trinajstić information content (AvgIpc) is 2.79. The molecule has 2 rings (SSSR count). The van der Waals surface area contributed by atoms with Gasteiger partial charge in [0.2, 0.25) is 0 Å². The summed E-state index contributed by atoms with van der Waals surface area (Å²) in [5.74, 6) is 0.172. The van der Waals surface area contributed by atoms with Crippen molar-refractivity contribution in [2.45, 2.75) is 57.8 Å². The van der Waals surface area contributed by atoms with E-state index in [9.17, 15) is 14.7 Å². The number of hydrogen-bond donors (Lipinski definition) is 1. The first kappa shape index (κ1) is 13.8. The van der Waals surface area contributed by atoms with Gasteiger partial charge >= 0.3 is 5.97 Å². The molecule has 0 unspecified atom stereocenters. The van der Waals surface area contributed by atoms with Gasteiger partial charge in [-0.25, -0.2) is 4.79 Å². The molecule has 1 aromatic heterocycles. The van der Waals surface area contributed by atoms with Crippen LogP contribution in [-0.2, 0) is 6.42 Å². The van der Waals surface area contributed by atoms with Gasteiger partial charge in [0.05, 0.1) is 5.56 Å². The Labute approximate surface area is 112 Å². The predicted molar refractivity (Wildman–Crippen MR) is 70.9 cm³/mol. The lowest BCUT2D eigenvalue weighted by Crippen LogP contribution is -2.09. The van der Waals surface area contributed by atoms with Crippen molar-refractivity contribution >= 4 is 12.3 Å². The van der Waals surface area contributed by atoms with Crippen LogP contribution in [0.1, 0.15) is 83.6 Å². The quantitative estimate of drug-likeness (QED) is 0.821. The molecule has 104 valence electrons. The summed E-state index contributed by atoms with van der Waals surface area (Å²) in [4.78, 5) is 22.6. The van der Waals surface area contributed by atoms with Crippen LogP contribution in [0.15, 0.2) is 4.42 Å². The molecule has 1 aliphatic carbocycles. The Morgan fingerprint density at radius 2 is 2.05 bits per heavy atom. The number of rotatable bonds is 5. The molecular weight excluding hydrogens is 244 g/mol. The molecule has 1 aromatic rings. The fraction of sp³-hybridized carbons (Fsp3) is 0.600. The van der Waals surface area contributed by atoms with Gasteiger partial charge < -0.3 is 9.52 Å². The van der Waals surface area contributed by atoms with Gasteiger partial charge in [-0.2, -0.15) is 0 Å². The van der Waals surface area contributed by atoms with E-state index in [4.69, 9.17) is 4.42 Å². The first-order valence-electron chi connectivity index (χ1n) is 7.03. The highest BCUT2D eigenvalue weighted by Crippen LogP contribution is 2.37. The Hall–Kier alpha value is -1.58. The van der Waals surface area contributed by atoms with Crippen molar-refractivity contribution in [1.29, 1.82) is 0 Å². The van der Waals surface area contributed by atoms with Crippen molar-refractivity contribution < 1.29 is 19.1 Å². The molecule has 0 atom stereocenters. The van der Waals surface area contributed by atoms with E-state index in [0.29, 0.717) is 24.2 Å². The second-order valence-corrected chi connectivity index (χ2v) is 5.19. The summed E-state index contributed by atoms with van der Waals surface area (Å²) in [7, 11) is 0. The van der Waals surface area contributed by atoms with Gasteiger partial charge in [-0.1, -0.05) is 26.2 Å². The lowest BCUT2D eigenvalue weighted by atomic mass is 9.85. The van der Waals surface area contributed by atoms with Crippen LogP contribution in [0.5, 0.6) is 0 Å². The van der Waals surface area contributed by atoms with Gasteiger partial charge in [0.25, 0.3) is 0 Å². The van der Waals surface area contributed by atoms with Gasteiger partial charge in [-0.05, 0) is 19.3 Å². The molecule has 0 bridgehead atoms. The summed E-state index contributed by atoms with van der Waals surface area (Å²) in [6.45, 7) is 1.98. The topological polar surface area (TPSA) is 67.5 Å². The number of aromatic carboxylic acids is 1. The Morgan fingerprint density at radius 3 is 2.58 bits per heavy atom. The van der Waals surface area contributed by atoms with E-state index in [-0.39, 0.29) is 17.0 Å². The molecule has 1 saturated carbocycles. The molecule has 0 radical (unpaired) electrons. The molecule has 0 spiro atoms. The monoisotopic (exact) mass is 264 g/mol. The molecule has 1 N–H and O–H groups in total. The SMILES string of the molecule is CCCc1oc(C2CCCCC2)c(C(=O)O)c1C=O. The summed E-state index contributed by atoms with van der Waals surface area (Å²) in [5.41, 5.74) is 0.347. The van der Waals surface area contributed by atoms with Gasteiger partial charge in [-0.15, -0.1) is 0 Å². The van der Waals surface area contributed by atoms with Crippen molar-refractivity contribution in [2.75, 3.05) is 0 Å². The number of aryl methyl sites for hydroxylation is 1. The Morgan fingerprint density at radius 1 is 1.37 bits per heavy atom. The highest BCUT2D eigenvalue weighted by molar-refractivity contribution is 5.99. The minimum Gasteiger partial charge on any atom is -0.478 e. The summed E-state index contributed by atoms with van der Waals surface area (Å²) < 4.78 is 5.77. The van der Waals surface area contributed by atoms with Gasteiger partial charge in [0.1, 0.15) is 17.1 Å². The second-order valence-electron chi connectivity index (χ2n) is 5.19. The third kappa shape index (κ3) is 2.72. The highest BCUT2D eigenvalue weighted by atomic mass is 16.4. The summed E-state index contributed by atoms with van der Waals surface area (Å²) in [5, 5.41) is 9.37. The van der Waals surface area contributed by atoms with E-state index in [1.807, 2.05) is 6.92 Å². The van der Waals surface area contributed by atoms with Crippen molar-refractivity contribution in [3.05, 3.63) is 22.6 Å². The van der Waals surface area contributed by atoms with Crippen LogP contribution in [0.25, 0.3) is 0 Å². The van der Waals surface area contributed by atoms with Crippen molar-refractivity contribution in [2.24, 2.45) is 0 Å². The Kier molecular flexibility index (Phi) is 4.40. The third-order valence-electron chi connectivity index (χ3n) is 3.83. The zero-order valence-corrected chi connectivity index (χ0v) is 11.3. The van der Waals surface area contributed by atoms with Gasteiger partial charge in [-0.3, -0.25) is 4.79 Å². The fourth-order valence-corrected chi connectivity index (χ4v) is 2.92. The first-order chi connectivity index (χ1) is 9.19. The number of carbonyl (C=O) groups is 2. The average molecular weight is 264 g/mol. The molecule has 4 nitrogen and oxygen atoms in total. The molecule has 1 aliphatic rings. The van der Waals surface area contributed by atoms with Crippen LogP contribution in [0.2, 0.25) is 0 Å². The lowest BCUT2D eigenvalue weighted by Gasteiger charge is -2.20. The normalized spacial score (nSPS) is 16.5. The first-order valence-corrected chi connectivity index (χ1v) is 7.03. The number of aldehydes is 1. The predicted octanol–water partition coefficient (Wildman–Crippen LogP) is 3.79. The van der Waals surface area contributed by atoms with Crippen LogP contribution in [0.4, 0.5) is 0 Å². The van der Waals surface area contributed by atoms with Gasteiger partial charge in [0, 0.05) is 12.3 Å². The van der Waals surface area contributed by atoms with E-state index in [2.05, 4.69) is 0 Å². The molecular formula is C15H20O4. The number of carboxylic acids is 1. The van der Waals surface area contributed by atoms with Crippen LogP contribution < -0.4 is 0 Å². The van der Waals surface area contributed by atoms with Crippen LogP contribution in [0, 0.1) is 0 Å². The van der Waals surface area contributed by atoms with E-state index >= 15 is 0 Å². The molecule has 0 saturated heterocycles. The molecule has 0 aliphatic heterocycles. The minimum atomic E-state index is -1.05. The van der Waals surface area contributed by atoms with Crippen LogP contribution in [0.3, 0.4) is 0 Å². The third-order valence-corrected chi connectivity index (χ3v) is 3.83. The van der Waals surface area contributed by atoms with Crippen molar-refractivity contribution in [3.63, 3.8) is 0 Å². The number of carboxylic acid groups (broad SMARTS) is 1. The summed E-state index contributed by atoms with van der Waals surface area (Å²) in [6.07, 6.45) is 7.38. The Balaban J connectivity index is 2.45. The zero-order chi connectivity index (χ0) is 13.8. The maximum absolute atomic E-state index is 11.4. The van der Waals surface area contributed by atoms with E-state index in [1.54, 1.807) is 0 Å². The fourth-order valence-electron chi connectivity index (χ4n) is 2.92. The largest absolute Gasteiger partial charge is 0.478 e. The van der Waals surface area contributed by atoms with Crippen molar-refractivity contribution in [1.82, 2.24) is 0 Å². The van der Waals surface area contributed by atoms with E-state index in [0.717, 1.165) is 32.1 Å². The minimum absolute atomic E-state index is 0.102. The standard InChI is InChI=1S/C15H20O4/c1-2-6-12-11(9-16)13(15(17)18)14(19-12)10-7-4-3-5-8-10/h9-10H,2-8H2,1H3,(H,17,18). The molecule has 0 aromatic carbocycles. The molecule has 4 heteroatoms. The summed E-state index contributed by atoms with van der Waals surface area (Å²) >= 11 is 0. The maximum atomic E-state index is 11.4. The van der Waals surface area contributed by atoms with E-state index in [1.165, 1.54) is 6.42 Å². The van der Waals surface area contributed by atoms with Crippen LogP contribution in [-0.4, -0.2) is 17.4 Å². The van der Waals surface area contributed by atoms with Gasteiger partial charge in [0.15, 0.2) is 6.29 Å². The lowest BCUT2D eigenvalue weighted by molar-refractivity contribution is 0.0690. The number of furan rings is 1. The van der Waals surface area contributed by atoms with Crippen LogP contribution >= 0.6 is 0 Å². The molecule has 19 heavy (non-hydrogen) atoms. The Bertz CT molecular complexity index is 467. The number of hydrogen-bond acceptors (Lipinski definition) is 3. The molecule has 0 amide bonds. The highest BCUT2D eigenvalue weighted by Gasteiger charge is 2.30. The number of carbonyl (C=O) groups excluding carboxylic acids is 1. The molecule has 1 heterocycles. The van der Waals surface area contributed by atoms with Crippen molar-refractivity contribution in [3.8, 4) is 0 Å². The molecule has 1 fully saturated rings. The second kappa shape index (κ2) is 6.04. The maximum Gasteiger partial charge on any atom is 0.340 e. The zero-order valence-electron chi connectivity index (χ0n) is 11.3. The van der Waals surface area contributed by atoms with E-state index < -0.39 is 5.97 Å². The smallest absolute Gasteiger partial charge is 0.340 e.